The predicted molar refractivity (Wildman–Crippen MR) is 49.9 cm³/mol. The van der Waals surface area contributed by atoms with Crippen LogP contribution in [0.3, 0.4) is 0 Å². The fourth-order valence-corrected chi connectivity index (χ4v) is 1.51. The number of carbonyl (C=O) groups is 1. The van der Waals surface area contributed by atoms with Crippen molar-refractivity contribution in [3.63, 3.8) is 0 Å². The van der Waals surface area contributed by atoms with Crippen molar-refractivity contribution in [2.24, 2.45) is 0 Å². The van der Waals surface area contributed by atoms with Gasteiger partial charge in [0, 0.05) is 6.20 Å². The van der Waals surface area contributed by atoms with E-state index in [1.807, 2.05) is 13.8 Å². The molecule has 70 valence electrons. The second-order valence-electron chi connectivity index (χ2n) is 2.58. The molecule has 1 rings (SSSR count). The molecule has 0 aliphatic rings. The van der Waals surface area contributed by atoms with Gasteiger partial charge >= 0.3 is 5.97 Å². The lowest BCUT2D eigenvalue weighted by atomic mass is 10.4. The maximum absolute atomic E-state index is 10.3. The fourth-order valence-electron chi connectivity index (χ4n) is 0.782. The van der Waals surface area contributed by atoms with E-state index in [2.05, 4.69) is 9.97 Å². The molecule has 4 nitrogen and oxygen atoms in total. The van der Waals surface area contributed by atoms with Gasteiger partial charge in [0.25, 0.3) is 0 Å². The Morgan fingerprint density at radius 2 is 2.31 bits per heavy atom. The van der Waals surface area contributed by atoms with Crippen LogP contribution in [0, 0.1) is 13.8 Å². The van der Waals surface area contributed by atoms with Crippen LogP contribution in [0.1, 0.15) is 11.4 Å². The van der Waals surface area contributed by atoms with Crippen LogP contribution in [-0.2, 0) is 4.79 Å². The van der Waals surface area contributed by atoms with Crippen molar-refractivity contribution in [3.05, 3.63) is 17.6 Å². The molecular weight excluding hydrogens is 188 g/mol. The molecule has 0 atom stereocenters. The van der Waals surface area contributed by atoms with Gasteiger partial charge < -0.3 is 5.11 Å². The molecule has 1 N–H and O–H groups in total. The van der Waals surface area contributed by atoms with Crippen molar-refractivity contribution in [3.8, 4) is 0 Å². The first-order valence-corrected chi connectivity index (χ1v) is 4.73. The molecule has 1 aromatic heterocycles. The van der Waals surface area contributed by atoms with Crippen LogP contribution in [0.25, 0.3) is 0 Å². The largest absolute Gasteiger partial charge is 0.481 e. The first-order valence-electron chi connectivity index (χ1n) is 3.74. The number of rotatable bonds is 3. The van der Waals surface area contributed by atoms with E-state index in [9.17, 15) is 4.79 Å². The molecule has 0 unspecified atom stereocenters. The Morgan fingerprint density at radius 1 is 1.62 bits per heavy atom. The Labute approximate surface area is 80.4 Å². The van der Waals surface area contributed by atoms with Crippen molar-refractivity contribution in [1.82, 2.24) is 9.97 Å². The van der Waals surface area contributed by atoms with E-state index in [1.54, 1.807) is 6.20 Å². The number of hydrogen-bond acceptors (Lipinski definition) is 4. The van der Waals surface area contributed by atoms with Gasteiger partial charge in [0.05, 0.1) is 17.1 Å². The highest BCUT2D eigenvalue weighted by Gasteiger charge is 2.05. The Morgan fingerprint density at radius 3 is 2.92 bits per heavy atom. The molecule has 0 saturated heterocycles. The number of aryl methyl sites for hydroxylation is 2. The summed E-state index contributed by atoms with van der Waals surface area (Å²) in [5, 5.41) is 9.16. The first-order chi connectivity index (χ1) is 6.09. The SMILES string of the molecule is Cc1cnc(C)c(SCC(=O)O)n1. The quantitative estimate of drug-likeness (QED) is 0.741. The number of hydrogen-bond donors (Lipinski definition) is 1. The number of carboxylic acids is 1. The second-order valence-corrected chi connectivity index (χ2v) is 3.55. The highest BCUT2D eigenvalue weighted by Crippen LogP contribution is 2.17. The van der Waals surface area contributed by atoms with Crippen molar-refractivity contribution in [2.75, 3.05) is 5.75 Å². The molecule has 0 spiro atoms. The van der Waals surface area contributed by atoms with E-state index in [-0.39, 0.29) is 5.75 Å². The number of carboxylic acid groups (broad SMARTS) is 1. The van der Waals surface area contributed by atoms with E-state index >= 15 is 0 Å². The maximum Gasteiger partial charge on any atom is 0.313 e. The minimum Gasteiger partial charge on any atom is -0.481 e. The minimum atomic E-state index is -0.840. The summed E-state index contributed by atoms with van der Waals surface area (Å²) in [4.78, 5) is 18.6. The summed E-state index contributed by atoms with van der Waals surface area (Å²) in [5.41, 5.74) is 1.58. The van der Waals surface area contributed by atoms with Crippen LogP contribution in [0.4, 0.5) is 0 Å². The summed E-state index contributed by atoms with van der Waals surface area (Å²) in [5.74, 6) is -0.813. The van der Waals surface area contributed by atoms with Crippen LogP contribution in [0.15, 0.2) is 11.2 Å². The number of thioether (sulfide) groups is 1. The number of aliphatic carboxylic acids is 1. The summed E-state index contributed by atoms with van der Waals surface area (Å²) >= 11 is 1.20. The molecule has 0 amide bonds. The number of aromatic nitrogens is 2. The summed E-state index contributed by atoms with van der Waals surface area (Å²) < 4.78 is 0. The topological polar surface area (TPSA) is 63.1 Å². The smallest absolute Gasteiger partial charge is 0.313 e. The van der Waals surface area contributed by atoms with Gasteiger partial charge in [0.2, 0.25) is 0 Å². The van der Waals surface area contributed by atoms with Crippen LogP contribution >= 0.6 is 11.8 Å². The van der Waals surface area contributed by atoms with Gasteiger partial charge in [-0.15, -0.1) is 0 Å². The van der Waals surface area contributed by atoms with Crippen molar-refractivity contribution in [2.45, 2.75) is 18.9 Å². The molecule has 0 aliphatic carbocycles. The molecule has 13 heavy (non-hydrogen) atoms. The van der Waals surface area contributed by atoms with Crippen LogP contribution < -0.4 is 0 Å². The first kappa shape index (κ1) is 9.98. The van der Waals surface area contributed by atoms with Crippen molar-refractivity contribution in [1.29, 1.82) is 0 Å². The molecular formula is C8H10N2O2S. The second kappa shape index (κ2) is 4.23. The van der Waals surface area contributed by atoms with E-state index in [4.69, 9.17) is 5.11 Å². The van der Waals surface area contributed by atoms with Gasteiger partial charge in [-0.1, -0.05) is 11.8 Å². The molecule has 0 radical (unpaired) electrons. The van der Waals surface area contributed by atoms with Crippen LogP contribution in [0.2, 0.25) is 0 Å². The van der Waals surface area contributed by atoms with E-state index in [0.717, 1.165) is 11.4 Å². The van der Waals surface area contributed by atoms with E-state index in [0.29, 0.717) is 5.03 Å². The zero-order valence-electron chi connectivity index (χ0n) is 7.44. The van der Waals surface area contributed by atoms with Gasteiger partial charge in [-0.3, -0.25) is 9.78 Å². The van der Waals surface area contributed by atoms with Crippen LogP contribution in [0.5, 0.6) is 0 Å². The molecule has 1 heterocycles. The van der Waals surface area contributed by atoms with Crippen LogP contribution in [-0.4, -0.2) is 26.8 Å². The van der Waals surface area contributed by atoms with Crippen molar-refractivity contribution < 1.29 is 9.90 Å². The monoisotopic (exact) mass is 198 g/mol. The lowest BCUT2D eigenvalue weighted by Gasteiger charge is -2.02. The van der Waals surface area contributed by atoms with E-state index < -0.39 is 5.97 Å². The molecule has 1 aromatic rings. The summed E-state index contributed by atoms with van der Waals surface area (Å²) in [6.45, 7) is 3.65. The summed E-state index contributed by atoms with van der Waals surface area (Å²) in [6, 6.07) is 0. The van der Waals surface area contributed by atoms with Gasteiger partial charge in [-0.2, -0.15) is 0 Å². The Bertz CT molecular complexity index is 328. The fraction of sp³-hybridized carbons (Fsp3) is 0.375. The van der Waals surface area contributed by atoms with Gasteiger partial charge in [0.15, 0.2) is 0 Å². The van der Waals surface area contributed by atoms with Gasteiger partial charge in [-0.05, 0) is 13.8 Å². The Balaban J connectivity index is 2.75. The molecule has 0 bridgehead atoms. The van der Waals surface area contributed by atoms with Gasteiger partial charge in [0.1, 0.15) is 5.03 Å². The minimum absolute atomic E-state index is 0.0268. The highest BCUT2D eigenvalue weighted by molar-refractivity contribution is 7.99. The molecule has 0 aliphatic heterocycles. The van der Waals surface area contributed by atoms with E-state index in [1.165, 1.54) is 11.8 Å². The third-order valence-electron chi connectivity index (χ3n) is 1.36. The van der Waals surface area contributed by atoms with Gasteiger partial charge in [-0.25, -0.2) is 4.98 Å². The molecule has 5 heteroatoms. The summed E-state index contributed by atoms with van der Waals surface area (Å²) in [6.07, 6.45) is 1.67. The Kier molecular flexibility index (Phi) is 3.25. The normalized spacial score (nSPS) is 10.0. The summed E-state index contributed by atoms with van der Waals surface area (Å²) in [7, 11) is 0. The lowest BCUT2D eigenvalue weighted by molar-refractivity contribution is -0.133. The lowest BCUT2D eigenvalue weighted by Crippen LogP contribution is -2.00. The average molecular weight is 198 g/mol. The third kappa shape index (κ3) is 3.02. The molecule has 0 saturated carbocycles. The molecule has 0 fully saturated rings. The Hall–Kier alpha value is -1.10. The van der Waals surface area contributed by atoms with Crippen molar-refractivity contribution >= 4 is 17.7 Å². The molecule has 0 aromatic carbocycles. The zero-order chi connectivity index (χ0) is 9.84. The predicted octanol–water partition coefficient (Wildman–Crippen LogP) is 1.27. The zero-order valence-corrected chi connectivity index (χ0v) is 8.26. The number of nitrogens with zero attached hydrogens (tertiary/aromatic N) is 2. The highest BCUT2D eigenvalue weighted by atomic mass is 32.2. The standard InChI is InChI=1S/C8H10N2O2S/c1-5-3-9-6(2)8(10-5)13-4-7(11)12/h3H,4H2,1-2H3,(H,11,12). The third-order valence-corrected chi connectivity index (χ3v) is 2.42. The average Bonchev–Trinajstić information content (AvgIpc) is 2.06. The maximum atomic E-state index is 10.3.